The molecule has 132 valence electrons. The molecule has 1 N–H and O–H groups in total. The van der Waals surface area contributed by atoms with E-state index in [-0.39, 0.29) is 24.0 Å². The molecule has 0 bridgehead atoms. The number of halogens is 2. The van der Waals surface area contributed by atoms with Gasteiger partial charge >= 0.3 is 0 Å². The number of guanidine groups is 1. The van der Waals surface area contributed by atoms with Gasteiger partial charge in [0, 0.05) is 32.7 Å². The lowest BCUT2D eigenvalue weighted by atomic mass is 10.1. The Kier molecular flexibility index (Phi) is 8.35. The van der Waals surface area contributed by atoms with Crippen LogP contribution in [0.1, 0.15) is 22.3 Å². The largest absolute Gasteiger partial charge is 0.352 e. The maximum Gasteiger partial charge on any atom is 0.193 e. The van der Waals surface area contributed by atoms with Gasteiger partial charge in [-0.2, -0.15) is 5.26 Å². The molecule has 0 saturated carbocycles. The van der Waals surface area contributed by atoms with Crippen LogP contribution < -0.4 is 5.32 Å². The lowest BCUT2D eigenvalue weighted by molar-refractivity contribution is 0.475. The van der Waals surface area contributed by atoms with Gasteiger partial charge in [0.05, 0.1) is 11.6 Å². The lowest BCUT2D eigenvalue weighted by Crippen LogP contribution is -2.38. The summed E-state index contributed by atoms with van der Waals surface area (Å²) in [5.74, 6) is 0.289. The summed E-state index contributed by atoms with van der Waals surface area (Å²) >= 11 is 0. The average Bonchev–Trinajstić information content (AvgIpc) is 2.58. The first-order valence-corrected chi connectivity index (χ1v) is 7.69. The fourth-order valence-electron chi connectivity index (χ4n) is 2.36. The van der Waals surface area contributed by atoms with Gasteiger partial charge in [0.15, 0.2) is 5.96 Å². The quantitative estimate of drug-likeness (QED) is 0.436. The van der Waals surface area contributed by atoms with Crippen molar-refractivity contribution < 1.29 is 4.39 Å². The number of nitrogens with one attached hydrogen (secondary N) is 1. The second kappa shape index (κ2) is 9.99. The zero-order valence-electron chi connectivity index (χ0n) is 14.6. The molecule has 4 nitrogen and oxygen atoms in total. The Morgan fingerprint density at radius 2 is 1.92 bits per heavy atom. The number of nitrogens with zero attached hydrogens (tertiary/aromatic N) is 3. The molecule has 0 aliphatic carbocycles. The van der Waals surface area contributed by atoms with Gasteiger partial charge in [0.1, 0.15) is 5.82 Å². The van der Waals surface area contributed by atoms with E-state index < -0.39 is 5.82 Å². The molecule has 2 aromatic carbocycles. The van der Waals surface area contributed by atoms with Crippen molar-refractivity contribution in [3.8, 4) is 6.07 Å². The van der Waals surface area contributed by atoms with Crippen molar-refractivity contribution in [2.45, 2.75) is 20.0 Å². The summed E-state index contributed by atoms with van der Waals surface area (Å²) < 4.78 is 13.9. The Hall–Kier alpha value is -2.14. The SMILES string of the molecule is CN=C(NCc1ccc(C#N)cc1F)N(C)Cc1ccc(C)cc1.I. The molecule has 0 unspecified atom stereocenters. The summed E-state index contributed by atoms with van der Waals surface area (Å²) in [5.41, 5.74) is 3.21. The van der Waals surface area contributed by atoms with Gasteiger partial charge in [-0.25, -0.2) is 4.39 Å². The molecule has 0 aromatic heterocycles. The highest BCUT2D eigenvalue weighted by Crippen LogP contribution is 2.10. The van der Waals surface area contributed by atoms with E-state index in [0.717, 1.165) is 0 Å². The zero-order valence-corrected chi connectivity index (χ0v) is 16.9. The topological polar surface area (TPSA) is 51.4 Å². The van der Waals surface area contributed by atoms with Gasteiger partial charge in [-0.15, -0.1) is 24.0 Å². The number of hydrogen-bond donors (Lipinski definition) is 1. The molecule has 0 heterocycles. The Balaban J connectivity index is 0.00000312. The summed E-state index contributed by atoms with van der Waals surface area (Å²) in [6.07, 6.45) is 0. The Morgan fingerprint density at radius 1 is 1.24 bits per heavy atom. The van der Waals surface area contributed by atoms with Crippen molar-refractivity contribution in [1.82, 2.24) is 10.2 Å². The molecule has 0 atom stereocenters. The average molecular weight is 452 g/mol. The monoisotopic (exact) mass is 452 g/mol. The van der Waals surface area contributed by atoms with E-state index in [1.54, 1.807) is 19.2 Å². The van der Waals surface area contributed by atoms with E-state index in [1.165, 1.54) is 17.2 Å². The molecule has 2 rings (SSSR count). The minimum Gasteiger partial charge on any atom is -0.352 e. The molecular formula is C19H22FIN4. The highest BCUT2D eigenvalue weighted by atomic mass is 127. The number of nitriles is 1. The number of benzene rings is 2. The Morgan fingerprint density at radius 3 is 2.48 bits per heavy atom. The highest BCUT2D eigenvalue weighted by molar-refractivity contribution is 14.0. The Labute approximate surface area is 165 Å². The van der Waals surface area contributed by atoms with Crippen LogP contribution >= 0.6 is 24.0 Å². The van der Waals surface area contributed by atoms with Crippen molar-refractivity contribution in [2.75, 3.05) is 14.1 Å². The normalized spacial score (nSPS) is 10.6. The maximum atomic E-state index is 13.9. The summed E-state index contributed by atoms with van der Waals surface area (Å²) in [7, 11) is 3.63. The first-order chi connectivity index (χ1) is 11.5. The number of rotatable bonds is 4. The van der Waals surface area contributed by atoms with Crippen molar-refractivity contribution in [3.05, 3.63) is 70.5 Å². The minimum atomic E-state index is -0.391. The molecule has 0 saturated heterocycles. The first kappa shape index (κ1) is 20.9. The van der Waals surface area contributed by atoms with E-state index in [2.05, 4.69) is 41.5 Å². The molecule has 0 spiro atoms. The first-order valence-electron chi connectivity index (χ1n) is 7.69. The second-order valence-corrected chi connectivity index (χ2v) is 5.66. The highest BCUT2D eigenvalue weighted by Gasteiger charge is 2.09. The predicted octanol–water partition coefficient (Wildman–Crippen LogP) is 3.83. The smallest absolute Gasteiger partial charge is 0.193 e. The van der Waals surface area contributed by atoms with E-state index in [4.69, 9.17) is 5.26 Å². The molecule has 0 fully saturated rings. The minimum absolute atomic E-state index is 0. The molecule has 0 aliphatic heterocycles. The van der Waals surface area contributed by atoms with Gasteiger partial charge < -0.3 is 10.2 Å². The van der Waals surface area contributed by atoms with Gasteiger partial charge in [-0.3, -0.25) is 4.99 Å². The van der Waals surface area contributed by atoms with E-state index in [1.807, 2.05) is 18.0 Å². The van der Waals surface area contributed by atoms with Crippen LogP contribution in [-0.4, -0.2) is 25.0 Å². The fourth-order valence-corrected chi connectivity index (χ4v) is 2.36. The summed E-state index contributed by atoms with van der Waals surface area (Å²) in [5, 5.41) is 11.9. The van der Waals surface area contributed by atoms with Gasteiger partial charge in [0.25, 0.3) is 0 Å². The van der Waals surface area contributed by atoms with Crippen molar-refractivity contribution in [2.24, 2.45) is 4.99 Å². The third kappa shape index (κ3) is 6.02. The molecule has 25 heavy (non-hydrogen) atoms. The molecule has 6 heteroatoms. The van der Waals surface area contributed by atoms with Crippen LogP contribution in [0.15, 0.2) is 47.5 Å². The fraction of sp³-hybridized carbons (Fsp3) is 0.263. The predicted molar refractivity (Wildman–Crippen MR) is 109 cm³/mol. The third-order valence-corrected chi connectivity index (χ3v) is 3.73. The van der Waals surface area contributed by atoms with Gasteiger partial charge in [0.2, 0.25) is 0 Å². The van der Waals surface area contributed by atoms with Crippen LogP contribution in [0.4, 0.5) is 4.39 Å². The zero-order chi connectivity index (χ0) is 17.5. The van der Waals surface area contributed by atoms with Crippen LogP contribution in [0.3, 0.4) is 0 Å². The van der Waals surface area contributed by atoms with Crippen LogP contribution in [0.2, 0.25) is 0 Å². The van der Waals surface area contributed by atoms with Crippen LogP contribution in [-0.2, 0) is 13.1 Å². The van der Waals surface area contributed by atoms with Crippen LogP contribution in [0.25, 0.3) is 0 Å². The standard InChI is InChI=1S/C19H21FN4.HI/c1-14-4-6-15(7-5-14)13-24(3)19(22-2)23-12-17-9-8-16(11-21)10-18(17)20;/h4-10H,12-13H2,1-3H3,(H,22,23);1H. The van der Waals surface area contributed by atoms with Crippen molar-refractivity contribution in [3.63, 3.8) is 0 Å². The van der Waals surface area contributed by atoms with E-state index in [9.17, 15) is 4.39 Å². The van der Waals surface area contributed by atoms with E-state index >= 15 is 0 Å². The number of aliphatic imine (C=N–C) groups is 1. The maximum absolute atomic E-state index is 13.9. The second-order valence-electron chi connectivity index (χ2n) is 5.66. The summed E-state index contributed by atoms with van der Waals surface area (Å²) in [6, 6.07) is 14.7. The summed E-state index contributed by atoms with van der Waals surface area (Å²) in [6.45, 7) is 3.07. The number of aryl methyl sites for hydroxylation is 1. The molecule has 0 amide bonds. The van der Waals surface area contributed by atoms with Crippen molar-refractivity contribution in [1.29, 1.82) is 5.26 Å². The molecule has 0 aliphatic rings. The Bertz CT molecular complexity index is 766. The third-order valence-electron chi connectivity index (χ3n) is 3.73. The van der Waals surface area contributed by atoms with Crippen LogP contribution in [0, 0.1) is 24.1 Å². The van der Waals surface area contributed by atoms with Gasteiger partial charge in [-0.1, -0.05) is 35.9 Å². The van der Waals surface area contributed by atoms with E-state index in [0.29, 0.717) is 30.2 Å². The molecule has 0 radical (unpaired) electrons. The van der Waals surface area contributed by atoms with Crippen LogP contribution in [0.5, 0.6) is 0 Å². The summed E-state index contributed by atoms with van der Waals surface area (Å²) in [4.78, 5) is 6.22. The number of hydrogen-bond acceptors (Lipinski definition) is 2. The molecule has 2 aromatic rings. The van der Waals surface area contributed by atoms with Gasteiger partial charge in [-0.05, 0) is 24.6 Å². The van der Waals surface area contributed by atoms with Crippen molar-refractivity contribution >= 4 is 29.9 Å². The lowest BCUT2D eigenvalue weighted by Gasteiger charge is -2.22. The molecular weight excluding hydrogens is 430 g/mol.